The van der Waals surface area contributed by atoms with Gasteiger partial charge in [0.05, 0.1) is 17.5 Å². The molecule has 2 aromatic rings. The number of piperazine rings is 1. The largest absolute Gasteiger partial charge is 0.483 e. The molecular formula is C19H22Cl2FN5O4. The van der Waals surface area contributed by atoms with E-state index < -0.39 is 11.4 Å². The number of halogens is 3. The second-order valence-corrected chi connectivity index (χ2v) is 8.92. The third kappa shape index (κ3) is 4.90. The van der Waals surface area contributed by atoms with Crippen LogP contribution in [0.15, 0.2) is 6.20 Å². The first-order valence-corrected chi connectivity index (χ1v) is 10.3. The Morgan fingerprint density at radius 1 is 1.26 bits per heavy atom. The van der Waals surface area contributed by atoms with E-state index in [9.17, 15) is 9.18 Å². The predicted octanol–water partition coefficient (Wildman–Crippen LogP) is 3.76. The number of amides is 1. The number of pyridine rings is 1. The van der Waals surface area contributed by atoms with Gasteiger partial charge in [-0.1, -0.05) is 11.6 Å². The summed E-state index contributed by atoms with van der Waals surface area (Å²) >= 11 is 11.8. The number of hydrogen-bond donors (Lipinski definition) is 1. The van der Waals surface area contributed by atoms with Crippen LogP contribution in [0.5, 0.6) is 0 Å². The van der Waals surface area contributed by atoms with Gasteiger partial charge in [0.15, 0.2) is 11.0 Å². The number of aromatic nitrogens is 3. The molecule has 4 rings (SSSR count). The molecule has 31 heavy (non-hydrogen) atoms. The lowest BCUT2D eigenvalue weighted by Gasteiger charge is -2.42. The van der Waals surface area contributed by atoms with Gasteiger partial charge < -0.3 is 14.7 Å². The zero-order chi connectivity index (χ0) is 22.9. The number of carbonyl (C=O) groups is 2. The van der Waals surface area contributed by atoms with E-state index in [-0.39, 0.29) is 40.6 Å². The summed E-state index contributed by atoms with van der Waals surface area (Å²) in [7, 11) is 0. The van der Waals surface area contributed by atoms with Crippen molar-refractivity contribution in [2.45, 2.75) is 51.3 Å². The number of carboxylic acid groups (broad SMARTS) is 1. The van der Waals surface area contributed by atoms with Crippen molar-refractivity contribution in [1.82, 2.24) is 19.9 Å². The molecule has 0 unspecified atom stereocenters. The Bertz CT molecular complexity index is 989. The number of anilines is 1. The van der Waals surface area contributed by atoms with Gasteiger partial charge in [0.2, 0.25) is 5.28 Å². The zero-order valence-electron chi connectivity index (χ0n) is 17.2. The predicted molar refractivity (Wildman–Crippen MR) is 113 cm³/mol. The maximum atomic E-state index is 14.4. The van der Waals surface area contributed by atoms with Crippen molar-refractivity contribution in [2.75, 3.05) is 18.0 Å². The number of rotatable bonds is 1. The first-order chi connectivity index (χ1) is 14.6. The van der Waals surface area contributed by atoms with Crippen LogP contribution >= 0.6 is 23.2 Å². The average Bonchev–Trinajstić information content (AvgIpc) is 2.94. The highest BCUT2D eigenvalue weighted by Crippen LogP contribution is 2.36. The van der Waals surface area contributed by atoms with Crippen LogP contribution in [0.1, 0.15) is 33.6 Å². The van der Waals surface area contributed by atoms with Gasteiger partial charge in [0.1, 0.15) is 16.9 Å². The molecule has 2 aromatic heterocycles. The van der Waals surface area contributed by atoms with E-state index >= 15 is 0 Å². The van der Waals surface area contributed by atoms with Crippen molar-refractivity contribution in [1.29, 1.82) is 0 Å². The molecule has 0 aromatic carbocycles. The van der Waals surface area contributed by atoms with Crippen molar-refractivity contribution in [3.8, 4) is 0 Å². The van der Waals surface area contributed by atoms with Crippen LogP contribution < -0.4 is 4.90 Å². The molecule has 168 valence electrons. The Morgan fingerprint density at radius 3 is 2.39 bits per heavy atom. The molecule has 0 saturated carbocycles. The fourth-order valence-corrected chi connectivity index (χ4v) is 4.23. The normalized spacial score (nSPS) is 20.3. The van der Waals surface area contributed by atoms with Gasteiger partial charge in [-0.3, -0.25) is 9.69 Å². The van der Waals surface area contributed by atoms with Crippen molar-refractivity contribution in [3.63, 3.8) is 0 Å². The molecule has 1 N–H and O–H groups in total. The van der Waals surface area contributed by atoms with Gasteiger partial charge >= 0.3 is 6.09 Å². The van der Waals surface area contributed by atoms with Crippen molar-refractivity contribution < 1.29 is 23.8 Å². The minimum absolute atomic E-state index is 0.0116. The number of hydrogen-bond acceptors (Lipinski definition) is 7. The number of nitrogens with zero attached hydrogens (tertiary/aromatic N) is 5. The summed E-state index contributed by atoms with van der Waals surface area (Å²) in [6.07, 6.45) is 2.89. The highest BCUT2D eigenvalue weighted by Gasteiger charge is 2.45. The maximum absolute atomic E-state index is 14.4. The highest BCUT2D eigenvalue weighted by atomic mass is 35.5. The van der Waals surface area contributed by atoms with E-state index in [1.165, 1.54) is 6.20 Å². The van der Waals surface area contributed by atoms with Crippen molar-refractivity contribution >= 4 is 52.5 Å². The standard InChI is InChI=1S/C18H20Cl2FN5O2.CH2O2/c1-18(2,3)28-17(27)26-9-4-5-10(26)8-25(7-9)15-11-6-22-14(19)12(21)13(11)23-16(20)24-15;2-1-3/h6,9-10H,4-5,7-8H2,1-3H3;1H,(H,2,3)/t9-,10+;. The summed E-state index contributed by atoms with van der Waals surface area (Å²) in [5.74, 6) is -0.223. The first-order valence-electron chi connectivity index (χ1n) is 9.57. The molecular weight excluding hydrogens is 452 g/mol. The van der Waals surface area contributed by atoms with Crippen LogP contribution in [0.3, 0.4) is 0 Å². The highest BCUT2D eigenvalue weighted by molar-refractivity contribution is 6.30. The quantitative estimate of drug-likeness (QED) is 0.378. The molecule has 1 amide bonds. The van der Waals surface area contributed by atoms with E-state index in [1.807, 2.05) is 30.6 Å². The van der Waals surface area contributed by atoms with Crippen LogP contribution in [-0.4, -0.2) is 68.3 Å². The van der Waals surface area contributed by atoms with Gasteiger partial charge in [-0.2, -0.15) is 4.98 Å². The van der Waals surface area contributed by atoms with Crippen molar-refractivity contribution in [2.24, 2.45) is 0 Å². The molecule has 9 nitrogen and oxygen atoms in total. The summed E-state index contributed by atoms with van der Waals surface area (Å²) in [5.41, 5.74) is -0.510. The summed E-state index contributed by atoms with van der Waals surface area (Å²) in [6.45, 7) is 6.39. The lowest BCUT2D eigenvalue weighted by molar-refractivity contribution is -0.122. The molecule has 4 heterocycles. The molecule has 2 aliphatic heterocycles. The molecule has 2 saturated heterocycles. The Hall–Kier alpha value is -2.46. The molecule has 0 spiro atoms. The van der Waals surface area contributed by atoms with Crippen molar-refractivity contribution in [3.05, 3.63) is 22.5 Å². The Balaban J connectivity index is 0.000000858. The maximum Gasteiger partial charge on any atom is 0.410 e. The molecule has 2 fully saturated rings. The van der Waals surface area contributed by atoms with Gasteiger partial charge in [-0.15, -0.1) is 0 Å². The third-order valence-electron chi connectivity index (χ3n) is 4.98. The average molecular weight is 474 g/mol. The smallest absolute Gasteiger partial charge is 0.410 e. The van der Waals surface area contributed by atoms with Gasteiger partial charge in [0, 0.05) is 19.3 Å². The monoisotopic (exact) mass is 473 g/mol. The second kappa shape index (κ2) is 8.96. The zero-order valence-corrected chi connectivity index (χ0v) is 18.7. The fraction of sp³-hybridized carbons (Fsp3) is 0.526. The minimum Gasteiger partial charge on any atom is -0.483 e. The topological polar surface area (TPSA) is 109 Å². The molecule has 2 aliphatic rings. The van der Waals surface area contributed by atoms with Crippen LogP contribution in [0.4, 0.5) is 15.0 Å². The third-order valence-corrected chi connectivity index (χ3v) is 5.41. The lowest BCUT2D eigenvalue weighted by atomic mass is 10.1. The lowest BCUT2D eigenvalue weighted by Crippen LogP contribution is -2.57. The Kier molecular flexibility index (Phi) is 6.70. The van der Waals surface area contributed by atoms with E-state index in [1.54, 1.807) is 0 Å². The van der Waals surface area contributed by atoms with Crippen LogP contribution in [-0.2, 0) is 9.53 Å². The van der Waals surface area contributed by atoms with Crippen LogP contribution in [0, 0.1) is 5.82 Å². The summed E-state index contributed by atoms with van der Waals surface area (Å²) in [6, 6.07) is -0.0232. The molecule has 2 bridgehead atoms. The summed E-state index contributed by atoms with van der Waals surface area (Å²) in [5, 5.41) is 7.00. The Morgan fingerprint density at radius 2 is 1.84 bits per heavy atom. The van der Waals surface area contributed by atoms with Crippen LogP contribution in [0.25, 0.3) is 10.9 Å². The SMILES string of the molecule is CC(C)(C)OC(=O)N1[C@@H]2CC[C@H]1CN(c1nc(Cl)nc3c(F)c(Cl)ncc13)C2.O=CO. The number of carbonyl (C=O) groups excluding carboxylic acids is 1. The Labute approximate surface area is 188 Å². The van der Waals surface area contributed by atoms with E-state index in [2.05, 4.69) is 15.0 Å². The fourth-order valence-electron chi connectivity index (χ4n) is 3.92. The number of fused-ring (bicyclic) bond motifs is 3. The van der Waals surface area contributed by atoms with E-state index in [4.69, 9.17) is 37.8 Å². The molecule has 0 aliphatic carbocycles. The summed E-state index contributed by atoms with van der Waals surface area (Å²) in [4.78, 5) is 37.0. The molecule has 0 radical (unpaired) electrons. The summed E-state index contributed by atoms with van der Waals surface area (Å²) < 4.78 is 19.9. The molecule has 2 atom stereocenters. The molecule has 12 heteroatoms. The van der Waals surface area contributed by atoms with Gasteiger partial charge in [0.25, 0.3) is 6.47 Å². The number of ether oxygens (including phenoxy) is 1. The first kappa shape index (κ1) is 23.2. The van der Waals surface area contributed by atoms with Gasteiger partial charge in [-0.25, -0.2) is 19.2 Å². The minimum atomic E-state index is -0.722. The van der Waals surface area contributed by atoms with E-state index in [0.717, 1.165) is 12.8 Å². The van der Waals surface area contributed by atoms with E-state index in [0.29, 0.717) is 24.3 Å². The van der Waals surface area contributed by atoms with Crippen LogP contribution in [0.2, 0.25) is 10.4 Å². The van der Waals surface area contributed by atoms with Gasteiger partial charge in [-0.05, 0) is 45.2 Å². The second-order valence-electron chi connectivity index (χ2n) is 8.22.